The van der Waals surface area contributed by atoms with Crippen LogP contribution in [0.4, 0.5) is 17.6 Å². The molecular formula is C10H14F4O6S. The molecule has 2 aliphatic rings. The molecule has 0 aromatic carbocycles. The standard InChI is InChI=1S/C10H14F4O6S/c11-9(12,10(13,14)21(15,16)17)19-6-7-5-18-8(20-7)3-1-2-4-8/h7H,1-6H2,(H,15,16,17). The topological polar surface area (TPSA) is 82.1 Å². The highest BCUT2D eigenvalue weighted by atomic mass is 32.2. The predicted octanol–water partition coefficient (Wildman–Crippen LogP) is 1.76. The summed E-state index contributed by atoms with van der Waals surface area (Å²) in [7, 11) is -6.31. The zero-order chi connectivity index (χ0) is 15.9. The van der Waals surface area contributed by atoms with Crippen LogP contribution in [0.3, 0.4) is 0 Å². The van der Waals surface area contributed by atoms with E-state index in [1.165, 1.54) is 0 Å². The summed E-state index contributed by atoms with van der Waals surface area (Å²) in [6.07, 6.45) is -3.57. The summed E-state index contributed by atoms with van der Waals surface area (Å²) in [4.78, 5) is 0. The fourth-order valence-corrected chi connectivity index (χ4v) is 2.67. The minimum absolute atomic E-state index is 0.118. The highest BCUT2D eigenvalue weighted by Gasteiger charge is 2.67. The summed E-state index contributed by atoms with van der Waals surface area (Å²) in [5.41, 5.74) is 0. The number of rotatable bonds is 5. The van der Waals surface area contributed by atoms with Gasteiger partial charge in [0, 0.05) is 12.8 Å². The largest absolute Gasteiger partial charge is 0.459 e. The lowest BCUT2D eigenvalue weighted by Crippen LogP contribution is -2.49. The monoisotopic (exact) mass is 338 g/mol. The van der Waals surface area contributed by atoms with E-state index in [4.69, 9.17) is 14.0 Å². The number of hydrogen-bond acceptors (Lipinski definition) is 5. The maximum absolute atomic E-state index is 13.1. The smallest absolute Gasteiger partial charge is 0.347 e. The molecule has 6 nitrogen and oxygen atoms in total. The molecule has 0 aromatic rings. The van der Waals surface area contributed by atoms with Crippen LogP contribution < -0.4 is 0 Å². The highest BCUT2D eigenvalue weighted by Crippen LogP contribution is 2.42. The maximum Gasteiger partial charge on any atom is 0.459 e. The zero-order valence-electron chi connectivity index (χ0n) is 10.7. The first kappa shape index (κ1) is 16.9. The number of halogens is 4. The average Bonchev–Trinajstić information content (AvgIpc) is 2.96. The Kier molecular flexibility index (Phi) is 4.26. The van der Waals surface area contributed by atoms with Gasteiger partial charge in [-0.15, -0.1) is 0 Å². The van der Waals surface area contributed by atoms with Crippen molar-refractivity contribution in [3.8, 4) is 0 Å². The van der Waals surface area contributed by atoms with Crippen LogP contribution in [0.25, 0.3) is 0 Å². The van der Waals surface area contributed by atoms with Crippen molar-refractivity contribution in [3.63, 3.8) is 0 Å². The van der Waals surface area contributed by atoms with Gasteiger partial charge in [0.2, 0.25) is 0 Å². The summed E-state index contributed by atoms with van der Waals surface area (Å²) in [6, 6.07) is 0. The lowest BCUT2D eigenvalue weighted by molar-refractivity contribution is -0.325. The molecule has 11 heteroatoms. The van der Waals surface area contributed by atoms with Crippen LogP contribution in [0.15, 0.2) is 0 Å². The van der Waals surface area contributed by atoms with Crippen LogP contribution in [0.5, 0.6) is 0 Å². The van der Waals surface area contributed by atoms with Crippen molar-refractivity contribution in [2.45, 2.75) is 48.9 Å². The van der Waals surface area contributed by atoms with Crippen molar-refractivity contribution in [3.05, 3.63) is 0 Å². The molecule has 1 aliphatic carbocycles. The van der Waals surface area contributed by atoms with E-state index in [0.717, 1.165) is 12.8 Å². The SMILES string of the molecule is O=S(=O)(O)C(F)(F)C(F)(F)OCC1COC2(CCCC2)O1. The molecule has 124 valence electrons. The molecule has 1 atom stereocenters. The summed E-state index contributed by atoms with van der Waals surface area (Å²) >= 11 is 0. The Balaban J connectivity index is 1.94. The molecule has 1 aliphatic heterocycles. The first-order chi connectivity index (χ1) is 9.49. The molecule has 1 unspecified atom stereocenters. The molecule has 21 heavy (non-hydrogen) atoms. The zero-order valence-corrected chi connectivity index (χ0v) is 11.5. The number of hydrogen-bond donors (Lipinski definition) is 1. The summed E-state index contributed by atoms with van der Waals surface area (Å²) in [6.45, 7) is -1.10. The highest BCUT2D eigenvalue weighted by molar-refractivity contribution is 7.86. The van der Waals surface area contributed by atoms with Gasteiger partial charge in [-0.2, -0.15) is 26.0 Å². The average molecular weight is 338 g/mol. The molecule has 1 heterocycles. The second kappa shape index (κ2) is 5.30. The van der Waals surface area contributed by atoms with Gasteiger partial charge in [0.25, 0.3) is 0 Å². The Morgan fingerprint density at radius 3 is 2.33 bits per heavy atom. The minimum atomic E-state index is -6.31. The molecule has 1 saturated heterocycles. The van der Waals surface area contributed by atoms with Gasteiger partial charge in [0.1, 0.15) is 6.10 Å². The normalized spacial score (nSPS) is 26.6. The van der Waals surface area contributed by atoms with Gasteiger partial charge in [0.15, 0.2) is 5.79 Å². The number of ether oxygens (including phenoxy) is 3. The van der Waals surface area contributed by atoms with E-state index in [1.807, 2.05) is 0 Å². The molecular weight excluding hydrogens is 324 g/mol. The molecule has 0 amide bonds. The van der Waals surface area contributed by atoms with Crippen LogP contribution in [0.1, 0.15) is 25.7 Å². The Morgan fingerprint density at radius 1 is 1.24 bits per heavy atom. The van der Waals surface area contributed by atoms with E-state index in [1.54, 1.807) is 0 Å². The van der Waals surface area contributed by atoms with E-state index in [0.29, 0.717) is 12.8 Å². The van der Waals surface area contributed by atoms with Crippen LogP contribution in [0.2, 0.25) is 0 Å². The van der Waals surface area contributed by atoms with Crippen molar-refractivity contribution in [2.75, 3.05) is 13.2 Å². The first-order valence-electron chi connectivity index (χ1n) is 6.17. The Labute approximate surface area is 118 Å². The van der Waals surface area contributed by atoms with Gasteiger partial charge in [-0.05, 0) is 12.8 Å². The lowest BCUT2D eigenvalue weighted by atomic mass is 10.2. The van der Waals surface area contributed by atoms with Crippen molar-refractivity contribution >= 4 is 10.1 Å². The third-order valence-electron chi connectivity index (χ3n) is 3.39. The third-order valence-corrected chi connectivity index (χ3v) is 4.28. The van der Waals surface area contributed by atoms with Gasteiger partial charge >= 0.3 is 21.5 Å². The van der Waals surface area contributed by atoms with E-state index in [9.17, 15) is 26.0 Å². The minimum Gasteiger partial charge on any atom is -0.347 e. The number of alkyl halides is 4. The van der Waals surface area contributed by atoms with E-state index in [2.05, 4.69) is 4.74 Å². The second-order valence-corrected chi connectivity index (χ2v) is 6.45. The fraction of sp³-hybridized carbons (Fsp3) is 1.00. The van der Waals surface area contributed by atoms with Crippen LogP contribution in [0, 0.1) is 0 Å². The third kappa shape index (κ3) is 3.16. The summed E-state index contributed by atoms with van der Waals surface area (Å²) < 4.78 is 95.1. The molecule has 0 bridgehead atoms. The molecule has 0 radical (unpaired) electrons. The summed E-state index contributed by atoms with van der Waals surface area (Å²) in [5, 5.41) is -5.75. The van der Waals surface area contributed by atoms with Crippen molar-refractivity contribution in [1.82, 2.24) is 0 Å². The van der Waals surface area contributed by atoms with Gasteiger partial charge in [0.05, 0.1) is 13.2 Å². The van der Waals surface area contributed by atoms with E-state index < -0.39 is 40.0 Å². The van der Waals surface area contributed by atoms with Crippen molar-refractivity contribution < 1.29 is 44.7 Å². The molecule has 1 N–H and O–H groups in total. The second-order valence-electron chi connectivity index (χ2n) is 4.99. The predicted molar refractivity (Wildman–Crippen MR) is 59.4 cm³/mol. The lowest BCUT2D eigenvalue weighted by Gasteiger charge is -2.25. The van der Waals surface area contributed by atoms with Gasteiger partial charge in [-0.3, -0.25) is 4.55 Å². The van der Waals surface area contributed by atoms with Crippen molar-refractivity contribution in [1.29, 1.82) is 0 Å². The van der Waals surface area contributed by atoms with Gasteiger partial charge in [-0.25, -0.2) is 0 Å². The van der Waals surface area contributed by atoms with E-state index >= 15 is 0 Å². The van der Waals surface area contributed by atoms with Crippen molar-refractivity contribution in [2.24, 2.45) is 0 Å². The van der Waals surface area contributed by atoms with Crippen LogP contribution in [-0.4, -0.2) is 49.4 Å². The maximum atomic E-state index is 13.1. The van der Waals surface area contributed by atoms with Crippen LogP contribution >= 0.6 is 0 Å². The molecule has 2 fully saturated rings. The molecule has 1 spiro atoms. The first-order valence-corrected chi connectivity index (χ1v) is 7.62. The molecule has 1 saturated carbocycles. The molecule has 0 aromatic heterocycles. The fourth-order valence-electron chi connectivity index (χ4n) is 2.31. The van der Waals surface area contributed by atoms with Crippen LogP contribution in [-0.2, 0) is 24.3 Å². The molecule has 2 rings (SSSR count). The summed E-state index contributed by atoms with van der Waals surface area (Å²) in [5.74, 6) is -0.880. The Morgan fingerprint density at radius 2 is 1.81 bits per heavy atom. The quantitative estimate of drug-likeness (QED) is 0.608. The van der Waals surface area contributed by atoms with E-state index in [-0.39, 0.29) is 6.61 Å². The van der Waals surface area contributed by atoms with Gasteiger partial charge in [-0.1, -0.05) is 0 Å². The van der Waals surface area contributed by atoms with Gasteiger partial charge < -0.3 is 14.2 Å². The Hall–Kier alpha value is -0.490. The Bertz CT molecular complexity index is 488.